The summed E-state index contributed by atoms with van der Waals surface area (Å²) in [6.45, 7) is 3.38. The topological polar surface area (TPSA) is 111 Å². The van der Waals surface area contributed by atoms with Gasteiger partial charge in [-0.15, -0.1) is 0 Å². The van der Waals surface area contributed by atoms with Crippen molar-refractivity contribution in [3.05, 3.63) is 24.3 Å². The zero-order chi connectivity index (χ0) is 18.1. The number of carbonyl (C=O) groups excluding carboxylic acids is 1. The summed E-state index contributed by atoms with van der Waals surface area (Å²) in [5.74, 6) is 1.44. The Morgan fingerprint density at radius 3 is 3.23 bits per heavy atom. The van der Waals surface area contributed by atoms with E-state index < -0.39 is 0 Å². The maximum atomic E-state index is 12.3. The quantitative estimate of drug-likeness (QED) is 0.696. The lowest BCUT2D eigenvalue weighted by molar-refractivity contribution is -0.125. The molecule has 8 nitrogen and oxygen atoms in total. The molecule has 8 heteroatoms. The molecule has 0 saturated carbocycles. The molecule has 3 aromatic rings. The summed E-state index contributed by atoms with van der Waals surface area (Å²) >= 11 is 0. The lowest BCUT2D eigenvalue weighted by Crippen LogP contribution is -2.43. The Morgan fingerprint density at radius 1 is 1.50 bits per heavy atom. The van der Waals surface area contributed by atoms with E-state index in [0.717, 1.165) is 47.3 Å². The van der Waals surface area contributed by atoms with Crippen molar-refractivity contribution in [2.45, 2.75) is 19.8 Å². The molecule has 4 rings (SSSR count). The van der Waals surface area contributed by atoms with Gasteiger partial charge in [-0.1, -0.05) is 0 Å². The number of nitrogens with zero attached hydrogens (tertiary/aromatic N) is 5. The monoisotopic (exact) mass is 349 g/mol. The van der Waals surface area contributed by atoms with Crippen LogP contribution in [0.1, 0.15) is 18.7 Å². The number of H-pyrrole nitrogens is 1. The fourth-order valence-electron chi connectivity index (χ4n) is 3.62. The first-order valence-corrected chi connectivity index (χ1v) is 8.67. The number of nitriles is 1. The lowest BCUT2D eigenvalue weighted by atomic mass is 9.96. The number of aryl methyl sites for hydroxylation is 1. The van der Waals surface area contributed by atoms with Crippen LogP contribution in [-0.4, -0.2) is 45.5 Å². The van der Waals surface area contributed by atoms with Gasteiger partial charge in [0.15, 0.2) is 5.65 Å². The first kappa shape index (κ1) is 16.3. The predicted octanol–water partition coefficient (Wildman–Crippen LogP) is 1.67. The van der Waals surface area contributed by atoms with Crippen LogP contribution in [0.3, 0.4) is 0 Å². The van der Waals surface area contributed by atoms with E-state index in [1.807, 2.05) is 19.1 Å². The van der Waals surface area contributed by atoms with Crippen LogP contribution in [0.5, 0.6) is 0 Å². The maximum Gasteiger partial charge on any atom is 0.225 e. The molecule has 4 heterocycles. The van der Waals surface area contributed by atoms with E-state index in [-0.39, 0.29) is 18.4 Å². The van der Waals surface area contributed by atoms with Crippen LogP contribution in [-0.2, 0) is 4.79 Å². The van der Waals surface area contributed by atoms with Crippen LogP contribution in [0, 0.1) is 24.2 Å². The van der Waals surface area contributed by atoms with Crippen molar-refractivity contribution >= 4 is 33.7 Å². The molecule has 0 radical (unpaired) electrons. The Morgan fingerprint density at radius 2 is 2.38 bits per heavy atom. The van der Waals surface area contributed by atoms with E-state index in [2.05, 4.69) is 25.2 Å². The normalized spacial score (nSPS) is 17.4. The van der Waals surface area contributed by atoms with Gasteiger partial charge in [-0.05, 0) is 25.8 Å². The molecule has 1 amide bonds. The summed E-state index contributed by atoms with van der Waals surface area (Å²) in [4.78, 5) is 31.2. The minimum atomic E-state index is -0.145. The van der Waals surface area contributed by atoms with Gasteiger partial charge in [-0.25, -0.2) is 15.0 Å². The molecule has 1 atom stereocenters. The largest absolute Gasteiger partial charge is 0.355 e. The summed E-state index contributed by atoms with van der Waals surface area (Å²) in [6, 6.07) is 3.90. The van der Waals surface area contributed by atoms with Crippen molar-refractivity contribution in [3.8, 4) is 6.07 Å². The summed E-state index contributed by atoms with van der Waals surface area (Å²) in [6.07, 6.45) is 5.25. The van der Waals surface area contributed by atoms with E-state index in [1.54, 1.807) is 12.4 Å². The maximum absolute atomic E-state index is 12.3. The second kappa shape index (κ2) is 6.59. The zero-order valence-corrected chi connectivity index (χ0v) is 14.5. The Bertz CT molecular complexity index is 1020. The number of piperidine rings is 1. The fourth-order valence-corrected chi connectivity index (χ4v) is 3.62. The van der Waals surface area contributed by atoms with Crippen molar-refractivity contribution < 1.29 is 4.79 Å². The van der Waals surface area contributed by atoms with E-state index >= 15 is 0 Å². The van der Waals surface area contributed by atoms with Crippen molar-refractivity contribution in [1.82, 2.24) is 25.3 Å². The van der Waals surface area contributed by atoms with Gasteiger partial charge in [0.1, 0.15) is 18.2 Å². The average Bonchev–Trinajstić information content (AvgIpc) is 3.14. The van der Waals surface area contributed by atoms with Crippen molar-refractivity contribution in [2.24, 2.45) is 5.92 Å². The Labute approximate surface area is 150 Å². The molecule has 1 fully saturated rings. The number of hydrogen-bond donors (Lipinski definition) is 2. The first-order valence-electron chi connectivity index (χ1n) is 8.67. The SMILES string of the molecule is Cc1nc(N2CCCC(C(=O)NCC#N)C2)c2c(cnc3nccc32)[nH]1. The summed E-state index contributed by atoms with van der Waals surface area (Å²) < 4.78 is 0. The molecule has 132 valence electrons. The molecule has 1 aliphatic rings. The molecule has 0 aromatic carbocycles. The van der Waals surface area contributed by atoms with Crippen LogP contribution in [0.2, 0.25) is 0 Å². The van der Waals surface area contributed by atoms with Crippen molar-refractivity contribution in [1.29, 1.82) is 5.26 Å². The van der Waals surface area contributed by atoms with Gasteiger partial charge in [0, 0.05) is 24.7 Å². The second-order valence-corrected chi connectivity index (χ2v) is 6.54. The number of aromatic amines is 1. The number of rotatable bonds is 3. The number of amides is 1. The molecule has 1 aliphatic heterocycles. The highest BCUT2D eigenvalue weighted by molar-refractivity contribution is 6.09. The number of nitrogens with one attached hydrogen (secondary N) is 2. The minimum Gasteiger partial charge on any atom is -0.355 e. The van der Waals surface area contributed by atoms with E-state index in [4.69, 9.17) is 10.2 Å². The molecule has 0 spiro atoms. The average molecular weight is 349 g/mol. The Kier molecular flexibility index (Phi) is 4.13. The Balaban J connectivity index is 1.75. The number of hydrogen-bond acceptors (Lipinski definition) is 6. The fraction of sp³-hybridized carbons (Fsp3) is 0.389. The molecule has 3 aromatic heterocycles. The van der Waals surface area contributed by atoms with Gasteiger partial charge in [-0.2, -0.15) is 5.26 Å². The predicted molar refractivity (Wildman–Crippen MR) is 97.5 cm³/mol. The number of aromatic nitrogens is 4. The number of fused-ring (bicyclic) bond motifs is 3. The number of anilines is 1. The third kappa shape index (κ3) is 2.81. The van der Waals surface area contributed by atoms with Crippen LogP contribution in [0.25, 0.3) is 21.9 Å². The summed E-state index contributed by atoms with van der Waals surface area (Å²) in [5.41, 5.74) is 1.60. The summed E-state index contributed by atoms with van der Waals surface area (Å²) in [5, 5.41) is 13.3. The first-order chi connectivity index (χ1) is 12.7. The molecule has 2 N–H and O–H groups in total. The van der Waals surface area contributed by atoms with Gasteiger partial charge in [-0.3, -0.25) is 4.79 Å². The highest BCUT2D eigenvalue weighted by atomic mass is 16.1. The molecule has 1 saturated heterocycles. The summed E-state index contributed by atoms with van der Waals surface area (Å²) in [7, 11) is 0. The number of pyridine rings is 1. The third-order valence-corrected chi connectivity index (χ3v) is 4.78. The molecule has 26 heavy (non-hydrogen) atoms. The zero-order valence-electron chi connectivity index (χ0n) is 14.5. The van der Waals surface area contributed by atoms with E-state index in [1.165, 1.54) is 0 Å². The lowest BCUT2D eigenvalue weighted by Gasteiger charge is -2.33. The molecular formula is C18H19N7O. The van der Waals surface area contributed by atoms with E-state index in [9.17, 15) is 4.79 Å². The van der Waals surface area contributed by atoms with Crippen LogP contribution >= 0.6 is 0 Å². The van der Waals surface area contributed by atoms with Crippen molar-refractivity contribution in [3.63, 3.8) is 0 Å². The Hall–Kier alpha value is -3.21. The number of carbonyl (C=O) groups is 1. The molecule has 0 aliphatic carbocycles. The van der Waals surface area contributed by atoms with Gasteiger partial charge in [0.25, 0.3) is 0 Å². The van der Waals surface area contributed by atoms with Gasteiger partial charge < -0.3 is 15.2 Å². The minimum absolute atomic E-state index is 0.0431. The standard InChI is InChI=1S/C18H19N7O/c1-11-23-14-9-22-16-13(4-6-20-16)15(14)17(24-11)25-8-2-3-12(10-25)18(26)21-7-5-19/h4,6,9,12H,2-3,7-8,10H2,1H3,(H,21,26)(H,23,24). The molecule has 0 bridgehead atoms. The van der Waals surface area contributed by atoms with Crippen LogP contribution in [0.15, 0.2) is 18.5 Å². The van der Waals surface area contributed by atoms with Gasteiger partial charge >= 0.3 is 0 Å². The van der Waals surface area contributed by atoms with Crippen LogP contribution in [0.4, 0.5) is 5.82 Å². The van der Waals surface area contributed by atoms with Gasteiger partial charge in [0.2, 0.25) is 5.91 Å². The second-order valence-electron chi connectivity index (χ2n) is 6.54. The molecule has 1 unspecified atom stereocenters. The smallest absolute Gasteiger partial charge is 0.225 e. The van der Waals surface area contributed by atoms with Crippen LogP contribution < -0.4 is 10.2 Å². The highest BCUT2D eigenvalue weighted by Crippen LogP contribution is 2.32. The van der Waals surface area contributed by atoms with Crippen molar-refractivity contribution in [2.75, 3.05) is 24.5 Å². The highest BCUT2D eigenvalue weighted by Gasteiger charge is 2.28. The molecular weight excluding hydrogens is 330 g/mol. The van der Waals surface area contributed by atoms with Gasteiger partial charge in [0.05, 0.1) is 29.1 Å². The third-order valence-electron chi connectivity index (χ3n) is 4.78. The van der Waals surface area contributed by atoms with E-state index in [0.29, 0.717) is 12.2 Å².